The molecule has 1 N–H and O–H groups in total. The lowest BCUT2D eigenvalue weighted by Gasteiger charge is -2.39. The summed E-state index contributed by atoms with van der Waals surface area (Å²) in [5.74, 6) is -1.61. The number of nitro groups is 1. The summed E-state index contributed by atoms with van der Waals surface area (Å²) in [6.07, 6.45) is 2.83. The Kier molecular flexibility index (Phi) is 3.85. The third-order valence-electron chi connectivity index (χ3n) is 5.30. The minimum atomic E-state index is -1.29. The molecule has 1 saturated carbocycles. The molecule has 7 heteroatoms. The number of benzene rings is 1. The lowest BCUT2D eigenvalue weighted by atomic mass is 9.65. The van der Waals surface area contributed by atoms with Crippen molar-refractivity contribution in [2.75, 3.05) is 6.54 Å². The molecule has 2 atom stereocenters. The van der Waals surface area contributed by atoms with Crippen molar-refractivity contribution < 1.29 is 19.6 Å². The van der Waals surface area contributed by atoms with Gasteiger partial charge >= 0.3 is 5.97 Å². The Labute approximate surface area is 145 Å². The number of nitrogens with zero attached hydrogens (tertiary/aromatic N) is 2. The van der Waals surface area contributed by atoms with Crippen LogP contribution in [0.1, 0.15) is 60.7 Å². The number of carboxylic acids is 1. The van der Waals surface area contributed by atoms with Crippen molar-refractivity contribution in [1.29, 1.82) is 0 Å². The van der Waals surface area contributed by atoms with Gasteiger partial charge in [-0.25, -0.2) is 4.79 Å². The fraction of sp³-hybridized carbons (Fsp3) is 0.556. The molecular weight excluding hydrogens is 324 g/mol. The van der Waals surface area contributed by atoms with Crippen LogP contribution in [0.3, 0.4) is 0 Å². The summed E-state index contributed by atoms with van der Waals surface area (Å²) in [7, 11) is 0. The van der Waals surface area contributed by atoms with Crippen molar-refractivity contribution in [1.82, 2.24) is 4.90 Å². The Bertz CT molecular complexity index is 740. The summed E-state index contributed by atoms with van der Waals surface area (Å²) in [5.41, 5.74) is -0.371. The number of rotatable bonds is 3. The smallest absolute Gasteiger partial charge is 0.335 e. The number of amides is 1. The average Bonchev–Trinajstić information content (AvgIpc) is 2.74. The number of likely N-dealkylation sites (tertiary alicyclic amines) is 1. The molecule has 2 fully saturated rings. The molecule has 25 heavy (non-hydrogen) atoms. The first-order chi connectivity index (χ1) is 11.5. The van der Waals surface area contributed by atoms with Gasteiger partial charge in [0.1, 0.15) is 0 Å². The van der Waals surface area contributed by atoms with Crippen LogP contribution in [0.15, 0.2) is 18.2 Å². The van der Waals surface area contributed by atoms with E-state index in [4.69, 9.17) is 0 Å². The van der Waals surface area contributed by atoms with Gasteiger partial charge in [0, 0.05) is 30.3 Å². The van der Waals surface area contributed by atoms with Crippen LogP contribution in [0.4, 0.5) is 5.69 Å². The molecule has 1 saturated heterocycles. The highest BCUT2D eigenvalue weighted by atomic mass is 16.6. The number of non-ortho nitro benzene ring substituents is 1. The Morgan fingerprint density at radius 3 is 2.44 bits per heavy atom. The normalized spacial score (nSPS) is 27.2. The molecular formula is C18H22N2O5. The third-order valence-corrected chi connectivity index (χ3v) is 5.30. The summed E-state index contributed by atoms with van der Waals surface area (Å²) >= 11 is 0. The van der Waals surface area contributed by atoms with Gasteiger partial charge in [-0.2, -0.15) is 0 Å². The summed E-state index contributed by atoms with van der Waals surface area (Å²) in [4.78, 5) is 36.4. The molecule has 2 bridgehead atoms. The number of nitro benzene ring substituents is 1. The monoisotopic (exact) mass is 346 g/mol. The number of fused-ring (bicyclic) bond motifs is 2. The highest BCUT2D eigenvalue weighted by Gasteiger charge is 2.51. The maximum atomic E-state index is 13.0. The van der Waals surface area contributed by atoms with Gasteiger partial charge in [-0.1, -0.05) is 20.8 Å². The summed E-state index contributed by atoms with van der Waals surface area (Å²) in [6, 6.07) is 3.47. The van der Waals surface area contributed by atoms with Crippen molar-refractivity contribution in [2.45, 2.75) is 46.1 Å². The standard InChI is InChI=1S/C18H22N2O5/c1-17(2)7-14-8-18(3,9-17)10-19(14)15(21)11-4-12(16(22)23)6-13(5-11)20(24)25/h4-6,14H,7-10H2,1-3H3,(H,22,23). The van der Waals surface area contributed by atoms with E-state index in [9.17, 15) is 24.8 Å². The van der Waals surface area contributed by atoms with Gasteiger partial charge in [0.15, 0.2) is 0 Å². The van der Waals surface area contributed by atoms with Crippen molar-refractivity contribution in [2.24, 2.45) is 10.8 Å². The molecule has 7 nitrogen and oxygen atoms in total. The Hall–Kier alpha value is -2.44. The van der Waals surface area contributed by atoms with Crippen molar-refractivity contribution in [3.05, 3.63) is 39.4 Å². The van der Waals surface area contributed by atoms with E-state index >= 15 is 0 Å². The van der Waals surface area contributed by atoms with E-state index in [1.165, 1.54) is 12.1 Å². The Balaban J connectivity index is 1.96. The van der Waals surface area contributed by atoms with Crippen LogP contribution in [0.25, 0.3) is 0 Å². The van der Waals surface area contributed by atoms with Crippen molar-refractivity contribution >= 4 is 17.6 Å². The van der Waals surface area contributed by atoms with Crippen LogP contribution in [0.5, 0.6) is 0 Å². The SMILES string of the molecule is CC1(C)CC2CC(C)(CN2C(=O)c2cc(C(=O)O)cc([N+](=O)[O-])c2)C1. The van der Waals surface area contributed by atoms with Gasteiger partial charge in [-0.3, -0.25) is 14.9 Å². The highest BCUT2D eigenvalue weighted by Crippen LogP contribution is 2.52. The van der Waals surface area contributed by atoms with Crippen LogP contribution < -0.4 is 0 Å². The Morgan fingerprint density at radius 2 is 1.84 bits per heavy atom. The lowest BCUT2D eigenvalue weighted by Crippen LogP contribution is -2.37. The largest absolute Gasteiger partial charge is 0.478 e. The van der Waals surface area contributed by atoms with Gasteiger partial charge in [-0.05, 0) is 36.2 Å². The van der Waals surface area contributed by atoms with E-state index in [-0.39, 0.29) is 39.6 Å². The number of hydrogen-bond donors (Lipinski definition) is 1. The van der Waals surface area contributed by atoms with E-state index in [0.717, 1.165) is 25.3 Å². The van der Waals surface area contributed by atoms with Gasteiger partial charge in [-0.15, -0.1) is 0 Å². The van der Waals surface area contributed by atoms with E-state index in [1.54, 1.807) is 4.90 Å². The quantitative estimate of drug-likeness (QED) is 0.668. The summed E-state index contributed by atoms with van der Waals surface area (Å²) < 4.78 is 0. The first-order valence-electron chi connectivity index (χ1n) is 8.33. The maximum absolute atomic E-state index is 13.0. The molecule has 1 aromatic rings. The van der Waals surface area contributed by atoms with Crippen molar-refractivity contribution in [3.8, 4) is 0 Å². The first-order valence-corrected chi connectivity index (χ1v) is 8.33. The van der Waals surface area contributed by atoms with E-state index in [2.05, 4.69) is 20.8 Å². The molecule has 1 aliphatic heterocycles. The average molecular weight is 346 g/mol. The van der Waals surface area contributed by atoms with Crippen LogP contribution in [-0.4, -0.2) is 39.4 Å². The third kappa shape index (κ3) is 3.23. The lowest BCUT2D eigenvalue weighted by molar-refractivity contribution is -0.384. The minimum absolute atomic E-state index is 0.0401. The number of aromatic carboxylic acids is 1. The molecule has 2 unspecified atom stereocenters. The van der Waals surface area contributed by atoms with E-state index in [1.807, 2.05) is 0 Å². The molecule has 0 spiro atoms. The number of carbonyl (C=O) groups is 2. The molecule has 0 radical (unpaired) electrons. The predicted octanol–water partition coefficient (Wildman–Crippen LogP) is 3.33. The Morgan fingerprint density at radius 1 is 1.20 bits per heavy atom. The van der Waals surface area contributed by atoms with Crippen LogP contribution in [0.2, 0.25) is 0 Å². The zero-order chi connectivity index (χ0) is 18.6. The molecule has 1 aliphatic carbocycles. The van der Waals surface area contributed by atoms with E-state index < -0.39 is 10.9 Å². The zero-order valence-electron chi connectivity index (χ0n) is 14.6. The highest BCUT2D eigenvalue weighted by molar-refractivity contribution is 5.98. The zero-order valence-corrected chi connectivity index (χ0v) is 14.6. The molecule has 1 heterocycles. The topological polar surface area (TPSA) is 101 Å². The second-order valence-corrected chi connectivity index (χ2v) is 8.48. The molecule has 2 aliphatic rings. The summed E-state index contributed by atoms with van der Waals surface area (Å²) in [6.45, 7) is 7.16. The molecule has 0 aromatic heterocycles. The molecule has 134 valence electrons. The summed E-state index contributed by atoms with van der Waals surface area (Å²) in [5, 5.41) is 20.3. The molecule has 3 rings (SSSR count). The van der Waals surface area contributed by atoms with Crippen molar-refractivity contribution in [3.63, 3.8) is 0 Å². The van der Waals surface area contributed by atoms with Gasteiger partial charge in [0.2, 0.25) is 0 Å². The number of hydrogen-bond acceptors (Lipinski definition) is 4. The first kappa shape index (κ1) is 17.4. The predicted molar refractivity (Wildman–Crippen MR) is 90.6 cm³/mol. The maximum Gasteiger partial charge on any atom is 0.335 e. The molecule has 1 aromatic carbocycles. The second kappa shape index (κ2) is 5.54. The van der Waals surface area contributed by atoms with E-state index in [0.29, 0.717) is 6.54 Å². The fourth-order valence-electron chi connectivity index (χ4n) is 4.83. The fourth-order valence-corrected chi connectivity index (χ4v) is 4.83. The molecule has 1 amide bonds. The van der Waals surface area contributed by atoms with Crippen LogP contribution >= 0.6 is 0 Å². The van der Waals surface area contributed by atoms with Gasteiger partial charge in [0.25, 0.3) is 11.6 Å². The van der Waals surface area contributed by atoms with Crippen LogP contribution in [-0.2, 0) is 0 Å². The minimum Gasteiger partial charge on any atom is -0.478 e. The van der Waals surface area contributed by atoms with Gasteiger partial charge in [0.05, 0.1) is 10.5 Å². The second-order valence-electron chi connectivity index (χ2n) is 8.48. The van der Waals surface area contributed by atoms with Crippen LogP contribution in [0, 0.1) is 20.9 Å². The van der Waals surface area contributed by atoms with Gasteiger partial charge < -0.3 is 10.0 Å². The number of carboxylic acid groups (broad SMARTS) is 1. The number of carbonyl (C=O) groups excluding carboxylic acids is 1.